The predicted molar refractivity (Wildman–Crippen MR) is 207 cm³/mol. The Morgan fingerprint density at radius 2 is 1.08 bits per heavy atom. The molecule has 3 aromatic heterocycles. The lowest BCUT2D eigenvalue weighted by atomic mass is 10.00. The minimum absolute atomic E-state index is 0.142. The fourth-order valence-corrected chi connectivity index (χ4v) is 7.87. The lowest BCUT2D eigenvalue weighted by Crippen LogP contribution is -2.00. The van der Waals surface area contributed by atoms with Gasteiger partial charge in [-0.2, -0.15) is 0 Å². The molecule has 0 saturated heterocycles. The first-order valence-electron chi connectivity index (χ1n) is 18.7. The Morgan fingerprint density at radius 3 is 1.88 bits per heavy atom. The van der Waals surface area contributed by atoms with E-state index in [9.17, 15) is 0 Å². The largest absolute Gasteiger partial charge is 0.455 e. The van der Waals surface area contributed by atoms with Gasteiger partial charge in [0.15, 0.2) is 17.5 Å². The number of fused-ring (bicyclic) bond motifs is 6. The van der Waals surface area contributed by atoms with Gasteiger partial charge in [0.1, 0.15) is 11.2 Å². The first kappa shape index (κ1) is 23.8. The predicted octanol–water partition coefficient (Wildman–Crippen LogP) is 12.5. The van der Waals surface area contributed by atoms with E-state index in [2.05, 4.69) is 66.7 Å². The highest BCUT2D eigenvalue weighted by molar-refractivity contribution is 7.26. The summed E-state index contributed by atoms with van der Waals surface area (Å²) in [5.41, 5.74) is 6.70. The molecular weight excluding hydrogens is 631 g/mol. The first-order valence-corrected chi connectivity index (χ1v) is 17.0. The number of hydrogen-bond donors (Lipinski definition) is 0. The quantitative estimate of drug-likeness (QED) is 0.184. The normalized spacial score (nSPS) is 13.0. The summed E-state index contributed by atoms with van der Waals surface area (Å²) in [6.07, 6.45) is 0. The van der Waals surface area contributed by atoms with E-state index >= 15 is 0 Å². The van der Waals surface area contributed by atoms with E-state index in [0.717, 1.165) is 44.2 Å². The highest BCUT2D eigenvalue weighted by atomic mass is 32.1. The number of para-hydroxylation sites is 1. The van der Waals surface area contributed by atoms with Crippen LogP contribution in [0, 0.1) is 0 Å². The van der Waals surface area contributed by atoms with E-state index in [1.54, 1.807) is 35.6 Å². The summed E-state index contributed by atoms with van der Waals surface area (Å²) in [6.45, 7) is 0. The number of rotatable bonds is 5. The van der Waals surface area contributed by atoms with Gasteiger partial charge in [0.25, 0.3) is 0 Å². The van der Waals surface area contributed by atoms with Gasteiger partial charge in [-0.15, -0.1) is 11.3 Å². The van der Waals surface area contributed by atoms with E-state index in [4.69, 9.17) is 26.2 Å². The zero-order chi connectivity index (χ0) is 37.4. The summed E-state index contributed by atoms with van der Waals surface area (Å²) in [5, 5.41) is 4.43. The van der Waals surface area contributed by atoms with Crippen LogP contribution in [0.2, 0.25) is 0 Å². The molecule has 7 aromatic carbocycles. The molecule has 0 unspecified atom stereocenters. The van der Waals surface area contributed by atoms with Crippen LogP contribution in [0.25, 0.3) is 98.5 Å². The van der Waals surface area contributed by atoms with E-state index in [1.807, 2.05) is 42.5 Å². The van der Waals surface area contributed by atoms with Crippen LogP contribution in [0.3, 0.4) is 0 Å². The Balaban J connectivity index is 1.10. The summed E-state index contributed by atoms with van der Waals surface area (Å²) in [5.74, 6) is 1.43. The van der Waals surface area contributed by atoms with Crippen molar-refractivity contribution in [1.29, 1.82) is 0 Å². The zero-order valence-corrected chi connectivity index (χ0v) is 27.2. The molecule has 0 radical (unpaired) electrons. The minimum Gasteiger partial charge on any atom is -0.455 e. The summed E-state index contributed by atoms with van der Waals surface area (Å²) < 4.78 is 50.2. The summed E-state index contributed by atoms with van der Waals surface area (Å²) in [7, 11) is 0. The molecule has 0 aliphatic heterocycles. The average Bonchev–Trinajstić information content (AvgIpc) is 3.81. The Kier molecular flexibility index (Phi) is 5.54. The third kappa shape index (κ3) is 4.79. The molecule has 50 heavy (non-hydrogen) atoms. The monoisotopic (exact) mass is 662 g/mol. The maximum Gasteiger partial charge on any atom is 0.164 e. The number of nitrogens with zero attached hydrogens (tertiary/aromatic N) is 3. The van der Waals surface area contributed by atoms with Gasteiger partial charge in [-0.1, -0.05) is 139 Å². The van der Waals surface area contributed by atoms with Crippen LogP contribution in [0.1, 0.15) is 6.85 Å². The SMILES string of the molecule is [2H]c1c([2H])c([2H])c(-c2ccc(-c3nc(-c4ccccc4)nc(-c4ccc5oc6c(-c7cccc8c7sc7ccccc78)cccc6c5c4)n3)cc2)c([2H])c1[2H]. The molecule has 0 aliphatic rings. The molecule has 4 nitrogen and oxygen atoms in total. The molecular formula is C45H27N3OS. The fraction of sp³-hybridized carbons (Fsp3) is 0. The number of aromatic nitrogens is 3. The molecule has 234 valence electrons. The minimum atomic E-state index is -0.423. The van der Waals surface area contributed by atoms with Crippen molar-refractivity contribution < 1.29 is 11.3 Å². The van der Waals surface area contributed by atoms with Gasteiger partial charge in [-0.3, -0.25) is 0 Å². The van der Waals surface area contributed by atoms with Gasteiger partial charge < -0.3 is 4.42 Å². The summed E-state index contributed by atoms with van der Waals surface area (Å²) in [6, 6.07) is 42.4. The average molecular weight is 663 g/mol. The van der Waals surface area contributed by atoms with E-state index < -0.39 is 6.04 Å². The Labute approximate surface area is 299 Å². The molecule has 0 spiro atoms. The molecule has 0 fully saturated rings. The van der Waals surface area contributed by atoms with Gasteiger partial charge in [0, 0.05) is 58.8 Å². The molecule has 5 heteroatoms. The number of thiophene rings is 1. The van der Waals surface area contributed by atoms with Gasteiger partial charge in [-0.05, 0) is 35.4 Å². The molecule has 10 aromatic rings. The van der Waals surface area contributed by atoms with E-state index in [1.165, 1.54) is 20.2 Å². The van der Waals surface area contributed by atoms with Gasteiger partial charge in [0.05, 0.1) is 6.85 Å². The Bertz CT molecular complexity index is 3130. The Morgan fingerprint density at radius 1 is 0.460 bits per heavy atom. The summed E-state index contributed by atoms with van der Waals surface area (Å²) >= 11 is 1.80. The Hall–Kier alpha value is -6.43. The second-order valence-corrected chi connectivity index (χ2v) is 13.1. The molecule has 0 saturated carbocycles. The maximum absolute atomic E-state index is 8.43. The fourth-order valence-electron chi connectivity index (χ4n) is 6.64. The van der Waals surface area contributed by atoms with Crippen molar-refractivity contribution in [1.82, 2.24) is 15.0 Å². The number of benzene rings is 7. The van der Waals surface area contributed by atoms with Crippen molar-refractivity contribution in [2.24, 2.45) is 0 Å². The van der Waals surface area contributed by atoms with Crippen LogP contribution in [-0.2, 0) is 0 Å². The van der Waals surface area contributed by atoms with Crippen LogP contribution < -0.4 is 0 Å². The van der Waals surface area contributed by atoms with Crippen molar-refractivity contribution in [2.75, 3.05) is 0 Å². The second-order valence-electron chi connectivity index (χ2n) is 12.0. The van der Waals surface area contributed by atoms with Gasteiger partial charge in [0.2, 0.25) is 0 Å². The van der Waals surface area contributed by atoms with Crippen molar-refractivity contribution in [2.45, 2.75) is 0 Å². The molecule has 10 rings (SSSR count). The molecule has 0 bridgehead atoms. The smallest absolute Gasteiger partial charge is 0.164 e. The van der Waals surface area contributed by atoms with Crippen LogP contribution in [-0.4, -0.2) is 15.0 Å². The van der Waals surface area contributed by atoms with Crippen molar-refractivity contribution >= 4 is 53.4 Å². The van der Waals surface area contributed by atoms with Crippen molar-refractivity contribution in [3.8, 4) is 56.4 Å². The highest BCUT2D eigenvalue weighted by Gasteiger charge is 2.18. The van der Waals surface area contributed by atoms with Crippen LogP contribution >= 0.6 is 11.3 Å². The second kappa shape index (κ2) is 11.6. The lowest BCUT2D eigenvalue weighted by molar-refractivity contribution is 0.670. The van der Waals surface area contributed by atoms with Gasteiger partial charge in [-0.25, -0.2) is 15.0 Å². The van der Waals surface area contributed by atoms with Gasteiger partial charge >= 0.3 is 0 Å². The summed E-state index contributed by atoms with van der Waals surface area (Å²) in [4.78, 5) is 14.8. The molecule has 3 heterocycles. The maximum atomic E-state index is 8.43. The molecule has 0 aliphatic carbocycles. The number of furan rings is 1. The standard InChI is InChI=1S/C45H27N3OS/c1-3-11-28(12-4-1)29-21-23-31(24-22-29)44-46-43(30-13-5-2-6-14-30)47-45(48-44)32-25-26-39-38(27-32)35-17-9-16-34(41(35)49-39)37-19-10-18-36-33-15-7-8-20-40(33)50-42(36)37/h1-27H/i1D,3D,4D,11D,12D. The van der Waals surface area contributed by atoms with Crippen molar-refractivity contribution in [3.05, 3.63) is 164 Å². The van der Waals surface area contributed by atoms with Crippen molar-refractivity contribution in [3.63, 3.8) is 0 Å². The topological polar surface area (TPSA) is 51.8 Å². The zero-order valence-electron chi connectivity index (χ0n) is 31.4. The number of hydrogen-bond acceptors (Lipinski definition) is 5. The van der Waals surface area contributed by atoms with Crippen LogP contribution in [0.4, 0.5) is 0 Å². The molecule has 0 atom stereocenters. The third-order valence-corrected chi connectivity index (χ3v) is 10.3. The highest BCUT2D eigenvalue weighted by Crippen LogP contribution is 2.43. The van der Waals surface area contributed by atoms with Crippen LogP contribution in [0.15, 0.2) is 168 Å². The molecule has 0 amide bonds. The lowest BCUT2D eigenvalue weighted by Gasteiger charge is -2.09. The third-order valence-electron chi connectivity index (χ3n) is 9.05. The first-order chi connectivity index (χ1) is 26.8. The van der Waals surface area contributed by atoms with Crippen LogP contribution in [0.5, 0.6) is 0 Å². The van der Waals surface area contributed by atoms with E-state index in [-0.39, 0.29) is 29.7 Å². The van der Waals surface area contributed by atoms with E-state index in [0.29, 0.717) is 28.6 Å². The molecule has 0 N–H and O–H groups in total.